The fourth-order valence-electron chi connectivity index (χ4n) is 1.47. The van der Waals surface area contributed by atoms with Gasteiger partial charge in [-0.2, -0.15) is 0 Å². The van der Waals surface area contributed by atoms with E-state index in [-0.39, 0.29) is 5.82 Å². The summed E-state index contributed by atoms with van der Waals surface area (Å²) in [4.78, 5) is 4.11. The average Bonchev–Trinajstić information content (AvgIpc) is 2.30. The summed E-state index contributed by atoms with van der Waals surface area (Å²) in [5.74, 6) is -0.352. The summed E-state index contributed by atoms with van der Waals surface area (Å²) < 4.78 is 13.6. The summed E-state index contributed by atoms with van der Waals surface area (Å²) in [5.41, 5.74) is 7.22. The van der Waals surface area contributed by atoms with Gasteiger partial charge < -0.3 is 5.73 Å². The third kappa shape index (κ3) is 2.05. The molecule has 0 amide bonds. The number of hydrogen-bond donors (Lipinski definition) is 1. The molecule has 4 heteroatoms. The van der Waals surface area contributed by atoms with E-state index >= 15 is 0 Å². The lowest BCUT2D eigenvalue weighted by Gasteiger charge is -2.06. The number of halogens is 2. The lowest BCUT2D eigenvalue weighted by atomic mass is 10.1. The quantitative estimate of drug-likeness (QED) is 0.871. The topological polar surface area (TPSA) is 38.9 Å². The highest BCUT2D eigenvalue weighted by Crippen LogP contribution is 2.29. The fourth-order valence-corrected chi connectivity index (χ4v) is 1.74. The van der Waals surface area contributed by atoms with Crippen LogP contribution in [0.15, 0.2) is 36.5 Å². The van der Waals surface area contributed by atoms with E-state index in [1.165, 1.54) is 6.07 Å². The first-order valence-corrected chi connectivity index (χ1v) is 5.19. The van der Waals surface area contributed by atoms with Crippen LogP contribution in [0.1, 0.15) is 5.69 Å². The minimum Gasteiger partial charge on any atom is -0.325 e. The van der Waals surface area contributed by atoms with Crippen LogP contribution in [-0.4, -0.2) is 4.98 Å². The Bertz CT molecular complexity index is 477. The lowest BCUT2D eigenvalue weighted by molar-refractivity contribution is 0.631. The number of hydrogen-bond acceptors (Lipinski definition) is 2. The molecular formula is C12H10ClFN2. The average molecular weight is 237 g/mol. The van der Waals surface area contributed by atoms with Crippen molar-refractivity contribution in [2.75, 3.05) is 0 Å². The first kappa shape index (κ1) is 11.0. The van der Waals surface area contributed by atoms with Gasteiger partial charge in [-0.1, -0.05) is 23.7 Å². The standard InChI is InChI=1S/C12H10ClFN2/c13-10-2-1-3-11(14)12(10)8-4-5-9(6-15)16-7-8/h1-5,7H,6,15H2. The molecule has 1 heterocycles. The molecule has 0 aliphatic carbocycles. The van der Waals surface area contributed by atoms with Gasteiger partial charge in [-0.3, -0.25) is 4.98 Å². The van der Waals surface area contributed by atoms with E-state index in [0.717, 1.165) is 5.69 Å². The minimum absolute atomic E-state index is 0.352. The maximum atomic E-state index is 13.6. The molecule has 0 fully saturated rings. The molecule has 0 aliphatic rings. The molecular weight excluding hydrogens is 227 g/mol. The second-order valence-electron chi connectivity index (χ2n) is 3.34. The van der Waals surface area contributed by atoms with Crippen LogP contribution in [0, 0.1) is 5.82 Å². The molecule has 0 bridgehead atoms. The van der Waals surface area contributed by atoms with E-state index in [1.54, 1.807) is 30.5 Å². The van der Waals surface area contributed by atoms with E-state index in [2.05, 4.69) is 4.98 Å². The van der Waals surface area contributed by atoms with Crippen molar-refractivity contribution in [1.29, 1.82) is 0 Å². The maximum Gasteiger partial charge on any atom is 0.132 e. The van der Waals surface area contributed by atoms with Crippen LogP contribution >= 0.6 is 11.6 Å². The number of pyridine rings is 1. The molecule has 16 heavy (non-hydrogen) atoms. The van der Waals surface area contributed by atoms with Crippen LogP contribution < -0.4 is 5.73 Å². The van der Waals surface area contributed by atoms with Gasteiger partial charge in [0.1, 0.15) is 5.82 Å². The Hall–Kier alpha value is -1.45. The molecule has 82 valence electrons. The van der Waals surface area contributed by atoms with E-state index in [0.29, 0.717) is 22.7 Å². The highest BCUT2D eigenvalue weighted by molar-refractivity contribution is 6.33. The molecule has 2 aromatic rings. The number of rotatable bonds is 2. The van der Waals surface area contributed by atoms with Gasteiger partial charge >= 0.3 is 0 Å². The molecule has 2 N–H and O–H groups in total. The van der Waals surface area contributed by atoms with Gasteiger partial charge in [0.25, 0.3) is 0 Å². The summed E-state index contributed by atoms with van der Waals surface area (Å²) in [7, 11) is 0. The Kier molecular flexibility index (Phi) is 3.17. The largest absolute Gasteiger partial charge is 0.325 e. The van der Waals surface area contributed by atoms with Gasteiger partial charge in [-0.15, -0.1) is 0 Å². The highest BCUT2D eigenvalue weighted by atomic mass is 35.5. The van der Waals surface area contributed by atoms with Crippen molar-refractivity contribution in [3.63, 3.8) is 0 Å². The van der Waals surface area contributed by atoms with Gasteiger partial charge in [0.15, 0.2) is 0 Å². The van der Waals surface area contributed by atoms with Crippen molar-refractivity contribution >= 4 is 11.6 Å². The van der Waals surface area contributed by atoms with Crippen LogP contribution in [0.5, 0.6) is 0 Å². The van der Waals surface area contributed by atoms with Crippen molar-refractivity contribution in [2.45, 2.75) is 6.54 Å². The van der Waals surface area contributed by atoms with Crippen molar-refractivity contribution in [2.24, 2.45) is 5.73 Å². The summed E-state index contributed by atoms with van der Waals surface area (Å²) in [6.45, 7) is 0.366. The first-order chi connectivity index (χ1) is 7.72. The molecule has 0 atom stereocenters. The Morgan fingerprint density at radius 2 is 2.06 bits per heavy atom. The molecule has 0 unspecified atom stereocenters. The highest BCUT2D eigenvalue weighted by Gasteiger charge is 2.09. The Morgan fingerprint density at radius 1 is 1.25 bits per heavy atom. The Balaban J connectivity index is 2.50. The SMILES string of the molecule is NCc1ccc(-c2c(F)cccc2Cl)cn1. The summed E-state index contributed by atoms with van der Waals surface area (Å²) in [5, 5.41) is 0.377. The number of nitrogens with zero attached hydrogens (tertiary/aromatic N) is 1. The second-order valence-corrected chi connectivity index (χ2v) is 3.75. The predicted molar refractivity (Wildman–Crippen MR) is 62.5 cm³/mol. The molecule has 0 saturated heterocycles. The minimum atomic E-state index is -0.352. The van der Waals surface area contributed by atoms with Crippen molar-refractivity contribution in [3.8, 4) is 11.1 Å². The van der Waals surface area contributed by atoms with E-state index in [1.807, 2.05) is 0 Å². The molecule has 1 aromatic carbocycles. The van der Waals surface area contributed by atoms with E-state index in [4.69, 9.17) is 17.3 Å². The lowest BCUT2D eigenvalue weighted by Crippen LogP contribution is -1.99. The fraction of sp³-hybridized carbons (Fsp3) is 0.0833. The van der Waals surface area contributed by atoms with Crippen LogP contribution in [0.2, 0.25) is 5.02 Å². The molecule has 1 aromatic heterocycles. The van der Waals surface area contributed by atoms with Crippen LogP contribution in [0.25, 0.3) is 11.1 Å². The zero-order chi connectivity index (χ0) is 11.5. The molecule has 0 aliphatic heterocycles. The Morgan fingerprint density at radius 3 is 2.62 bits per heavy atom. The van der Waals surface area contributed by atoms with Gasteiger partial charge in [0.2, 0.25) is 0 Å². The van der Waals surface area contributed by atoms with Crippen LogP contribution in [0.4, 0.5) is 4.39 Å². The maximum absolute atomic E-state index is 13.6. The van der Waals surface area contributed by atoms with Crippen LogP contribution in [0.3, 0.4) is 0 Å². The van der Waals surface area contributed by atoms with Gasteiger partial charge in [-0.25, -0.2) is 4.39 Å². The summed E-state index contributed by atoms with van der Waals surface area (Å²) >= 11 is 5.95. The van der Waals surface area contributed by atoms with E-state index < -0.39 is 0 Å². The Labute approximate surface area is 97.9 Å². The molecule has 0 spiro atoms. The number of aromatic nitrogens is 1. The molecule has 2 rings (SSSR count). The predicted octanol–water partition coefficient (Wildman–Crippen LogP) is 3.00. The van der Waals surface area contributed by atoms with Gasteiger partial charge in [0.05, 0.1) is 10.7 Å². The third-order valence-corrected chi connectivity index (χ3v) is 2.60. The molecule has 2 nitrogen and oxygen atoms in total. The summed E-state index contributed by atoms with van der Waals surface area (Å²) in [6.07, 6.45) is 1.58. The normalized spacial score (nSPS) is 10.4. The zero-order valence-electron chi connectivity index (χ0n) is 8.45. The molecule has 0 saturated carbocycles. The van der Waals surface area contributed by atoms with Crippen molar-refractivity contribution in [1.82, 2.24) is 4.98 Å². The third-order valence-electron chi connectivity index (χ3n) is 2.29. The number of nitrogens with two attached hydrogens (primary N) is 1. The van der Waals surface area contributed by atoms with Crippen molar-refractivity contribution < 1.29 is 4.39 Å². The summed E-state index contributed by atoms with van der Waals surface area (Å²) in [6, 6.07) is 8.12. The van der Waals surface area contributed by atoms with Gasteiger partial charge in [0, 0.05) is 23.9 Å². The van der Waals surface area contributed by atoms with Crippen LogP contribution in [-0.2, 0) is 6.54 Å². The van der Waals surface area contributed by atoms with Crippen molar-refractivity contribution in [3.05, 3.63) is 53.1 Å². The smallest absolute Gasteiger partial charge is 0.132 e. The number of benzene rings is 1. The van der Waals surface area contributed by atoms with E-state index in [9.17, 15) is 4.39 Å². The monoisotopic (exact) mass is 236 g/mol. The first-order valence-electron chi connectivity index (χ1n) is 4.81. The zero-order valence-corrected chi connectivity index (χ0v) is 9.21. The second kappa shape index (κ2) is 4.60. The molecule has 0 radical (unpaired) electrons. The van der Waals surface area contributed by atoms with Gasteiger partial charge in [-0.05, 0) is 18.2 Å².